The van der Waals surface area contributed by atoms with Crippen molar-refractivity contribution in [2.75, 3.05) is 0 Å². The first-order chi connectivity index (χ1) is 7.77. The quantitative estimate of drug-likeness (QED) is 0.692. The molecule has 16 heavy (non-hydrogen) atoms. The van der Waals surface area contributed by atoms with Gasteiger partial charge in [0.05, 0.1) is 0 Å². The Morgan fingerprint density at radius 1 is 1.31 bits per heavy atom. The molecule has 1 aliphatic rings. The third-order valence-corrected chi connectivity index (χ3v) is 4.27. The van der Waals surface area contributed by atoms with Crippen molar-refractivity contribution in [3.63, 3.8) is 0 Å². The molecule has 0 amide bonds. The van der Waals surface area contributed by atoms with Crippen molar-refractivity contribution in [1.29, 1.82) is 0 Å². The van der Waals surface area contributed by atoms with E-state index in [-0.39, 0.29) is 11.5 Å². The van der Waals surface area contributed by atoms with E-state index >= 15 is 0 Å². The summed E-state index contributed by atoms with van der Waals surface area (Å²) < 4.78 is 0. The zero-order valence-corrected chi connectivity index (χ0v) is 10.1. The van der Waals surface area contributed by atoms with Crippen LogP contribution in [0.1, 0.15) is 56.7 Å². The summed E-state index contributed by atoms with van der Waals surface area (Å²) >= 11 is 0. The predicted octanol–water partition coefficient (Wildman–Crippen LogP) is 4.35. The summed E-state index contributed by atoms with van der Waals surface area (Å²) in [4.78, 5) is 10.9. The van der Waals surface area contributed by atoms with Crippen molar-refractivity contribution >= 4 is 0 Å². The molecule has 2 nitrogen and oxygen atoms in total. The van der Waals surface area contributed by atoms with Crippen molar-refractivity contribution in [3.05, 3.63) is 40.3 Å². The topological polar surface area (TPSA) is 29.4 Å². The summed E-state index contributed by atoms with van der Waals surface area (Å²) in [6.45, 7) is 4.49. The van der Waals surface area contributed by atoms with Gasteiger partial charge in [-0.15, -0.1) is 0 Å². The van der Waals surface area contributed by atoms with E-state index in [0.29, 0.717) is 0 Å². The highest BCUT2D eigenvalue weighted by atomic mass is 16.3. The summed E-state index contributed by atoms with van der Waals surface area (Å²) in [5.41, 5.74) is 2.79. The molecule has 1 aromatic carbocycles. The van der Waals surface area contributed by atoms with Crippen LogP contribution in [0.4, 0.5) is 0 Å². The molecule has 0 heterocycles. The third-order valence-electron chi connectivity index (χ3n) is 4.27. The molecule has 86 valence electrons. The van der Waals surface area contributed by atoms with E-state index in [1.54, 1.807) is 0 Å². The highest BCUT2D eigenvalue weighted by Gasteiger charge is 2.37. The molecule has 0 fully saturated rings. The van der Waals surface area contributed by atoms with E-state index in [1.807, 2.05) is 6.07 Å². The lowest BCUT2D eigenvalue weighted by atomic mass is 9.66. The van der Waals surface area contributed by atoms with Gasteiger partial charge in [0.2, 0.25) is 0 Å². The molecule has 1 aliphatic carbocycles. The third kappa shape index (κ3) is 1.57. The first kappa shape index (κ1) is 11.3. The van der Waals surface area contributed by atoms with Gasteiger partial charge in [-0.3, -0.25) is 0 Å². The fourth-order valence-corrected chi connectivity index (χ4v) is 3.07. The molecule has 0 saturated carbocycles. The van der Waals surface area contributed by atoms with Crippen molar-refractivity contribution in [2.24, 2.45) is 5.18 Å². The highest BCUT2D eigenvalue weighted by molar-refractivity contribution is 5.39. The van der Waals surface area contributed by atoms with Gasteiger partial charge in [0.25, 0.3) is 0 Å². The maximum atomic E-state index is 10.9. The fraction of sp³-hybridized carbons (Fsp3) is 0.571. The average molecular weight is 217 g/mol. The Morgan fingerprint density at radius 2 is 2.00 bits per heavy atom. The summed E-state index contributed by atoms with van der Waals surface area (Å²) in [6.07, 6.45) is 4.29. The minimum absolute atomic E-state index is 0.123. The lowest BCUT2D eigenvalue weighted by Crippen LogP contribution is -2.30. The molecule has 1 unspecified atom stereocenters. The summed E-state index contributed by atoms with van der Waals surface area (Å²) in [7, 11) is 0. The first-order valence-electron chi connectivity index (χ1n) is 6.19. The standard InChI is InChI=1S/C14H19NO/c1-3-14(4-2)10-9-13(15-16)11-7-5-6-8-12(11)14/h5-8,13H,3-4,9-10H2,1-2H3. The van der Waals surface area contributed by atoms with Crippen LogP contribution in [-0.2, 0) is 5.41 Å². The van der Waals surface area contributed by atoms with Crippen LogP contribution in [0.5, 0.6) is 0 Å². The Bertz CT molecular complexity index is 382. The van der Waals surface area contributed by atoms with Gasteiger partial charge in [-0.1, -0.05) is 43.3 Å². The number of hydrogen-bond donors (Lipinski definition) is 0. The molecule has 1 atom stereocenters. The van der Waals surface area contributed by atoms with E-state index < -0.39 is 0 Å². The van der Waals surface area contributed by atoms with Crippen LogP contribution in [-0.4, -0.2) is 0 Å². The molecule has 2 rings (SSSR count). The molecule has 0 N–H and O–H groups in total. The smallest absolute Gasteiger partial charge is 0.117 e. The van der Waals surface area contributed by atoms with E-state index in [9.17, 15) is 4.91 Å². The van der Waals surface area contributed by atoms with Gasteiger partial charge in [-0.25, -0.2) is 0 Å². The molecule has 0 aromatic heterocycles. The van der Waals surface area contributed by atoms with Crippen LogP contribution in [0.3, 0.4) is 0 Å². The summed E-state index contributed by atoms with van der Waals surface area (Å²) in [6, 6.07) is 8.22. The SMILES string of the molecule is CCC1(CC)CCC(N=O)c2ccccc21. The maximum Gasteiger partial charge on any atom is 0.117 e. The first-order valence-corrected chi connectivity index (χ1v) is 6.19. The van der Waals surface area contributed by atoms with Crippen LogP contribution in [0.2, 0.25) is 0 Å². The monoisotopic (exact) mass is 217 g/mol. The van der Waals surface area contributed by atoms with Gasteiger partial charge in [-0.05, 0) is 42.2 Å². The van der Waals surface area contributed by atoms with Gasteiger partial charge in [-0.2, -0.15) is 4.91 Å². The largest absolute Gasteiger partial charge is 0.150 e. The molecular weight excluding hydrogens is 198 g/mol. The van der Waals surface area contributed by atoms with E-state index in [1.165, 1.54) is 5.56 Å². The van der Waals surface area contributed by atoms with Crippen molar-refractivity contribution in [1.82, 2.24) is 0 Å². The molecule has 0 spiro atoms. The van der Waals surface area contributed by atoms with Gasteiger partial charge < -0.3 is 0 Å². The van der Waals surface area contributed by atoms with Crippen LogP contribution in [0.25, 0.3) is 0 Å². The number of nitroso groups, excluding NO2 is 1. The minimum atomic E-state index is -0.123. The van der Waals surface area contributed by atoms with Crippen LogP contribution in [0.15, 0.2) is 29.4 Å². The Morgan fingerprint density at radius 3 is 2.62 bits per heavy atom. The Hall–Kier alpha value is -1.18. The molecular formula is C14H19NO. The van der Waals surface area contributed by atoms with Gasteiger partial charge in [0.15, 0.2) is 0 Å². The Kier molecular flexibility index (Phi) is 3.08. The number of nitrogens with zero attached hydrogens (tertiary/aromatic N) is 1. The normalized spacial score (nSPS) is 22.5. The Balaban J connectivity index is 2.53. The van der Waals surface area contributed by atoms with Crippen molar-refractivity contribution in [3.8, 4) is 0 Å². The lowest BCUT2D eigenvalue weighted by Gasteiger charge is -2.39. The second kappa shape index (κ2) is 4.36. The number of benzene rings is 1. The minimum Gasteiger partial charge on any atom is -0.150 e. The Labute approximate surface area is 97.0 Å². The molecule has 0 aliphatic heterocycles. The molecule has 2 heteroatoms. The maximum absolute atomic E-state index is 10.9. The molecule has 0 saturated heterocycles. The number of fused-ring (bicyclic) bond motifs is 1. The van der Waals surface area contributed by atoms with E-state index in [4.69, 9.17) is 0 Å². The lowest BCUT2D eigenvalue weighted by molar-refractivity contribution is 0.315. The predicted molar refractivity (Wildman–Crippen MR) is 66.5 cm³/mol. The number of rotatable bonds is 3. The van der Waals surface area contributed by atoms with Crippen LogP contribution in [0, 0.1) is 4.91 Å². The van der Waals surface area contributed by atoms with Gasteiger partial charge in [0, 0.05) is 0 Å². The second-order valence-corrected chi connectivity index (χ2v) is 4.73. The summed E-state index contributed by atoms with van der Waals surface area (Å²) in [5, 5.41) is 3.27. The molecule has 0 radical (unpaired) electrons. The van der Waals surface area contributed by atoms with Crippen LogP contribution < -0.4 is 0 Å². The summed E-state index contributed by atoms with van der Waals surface area (Å²) in [5.74, 6) is 0. The van der Waals surface area contributed by atoms with Gasteiger partial charge >= 0.3 is 0 Å². The van der Waals surface area contributed by atoms with E-state index in [0.717, 1.165) is 31.2 Å². The van der Waals surface area contributed by atoms with Gasteiger partial charge in [0.1, 0.15) is 6.04 Å². The fourth-order valence-electron chi connectivity index (χ4n) is 3.07. The second-order valence-electron chi connectivity index (χ2n) is 4.73. The molecule has 0 bridgehead atoms. The number of hydrogen-bond acceptors (Lipinski definition) is 2. The van der Waals surface area contributed by atoms with Crippen molar-refractivity contribution in [2.45, 2.75) is 51.0 Å². The zero-order valence-electron chi connectivity index (χ0n) is 10.1. The molecule has 1 aromatic rings. The average Bonchev–Trinajstić information content (AvgIpc) is 2.37. The zero-order chi connectivity index (χ0) is 11.6. The van der Waals surface area contributed by atoms with E-state index in [2.05, 4.69) is 37.2 Å². The highest BCUT2D eigenvalue weighted by Crippen LogP contribution is 2.46. The van der Waals surface area contributed by atoms with Crippen LogP contribution >= 0.6 is 0 Å². The van der Waals surface area contributed by atoms with Crippen molar-refractivity contribution < 1.29 is 0 Å².